The molecule has 0 bridgehead atoms. The highest BCUT2D eigenvalue weighted by atomic mass is 35.5. The summed E-state index contributed by atoms with van der Waals surface area (Å²) in [4.78, 5) is 15.4. The zero-order valence-electron chi connectivity index (χ0n) is 16.9. The van der Waals surface area contributed by atoms with Gasteiger partial charge in [-0.25, -0.2) is 4.39 Å². The molecule has 8 nitrogen and oxygen atoms in total. The topological polar surface area (TPSA) is 85.0 Å². The predicted molar refractivity (Wildman–Crippen MR) is 119 cm³/mol. The molecule has 0 saturated heterocycles. The number of hydrogen-bond donors (Lipinski definition) is 0. The van der Waals surface area contributed by atoms with Gasteiger partial charge in [0.25, 0.3) is 5.78 Å². The zero-order valence-corrected chi connectivity index (χ0v) is 17.7. The maximum absolute atomic E-state index is 14.6. The lowest BCUT2D eigenvalue weighted by Crippen LogP contribution is -2.13. The summed E-state index contributed by atoms with van der Waals surface area (Å²) in [6, 6.07) is 10.2. The van der Waals surface area contributed by atoms with E-state index in [1.165, 1.54) is 16.6 Å². The summed E-state index contributed by atoms with van der Waals surface area (Å²) in [7, 11) is 1.82. The van der Waals surface area contributed by atoms with Crippen LogP contribution < -0.4 is 4.90 Å². The van der Waals surface area contributed by atoms with Gasteiger partial charge in [-0.15, -0.1) is 0 Å². The Morgan fingerprint density at radius 2 is 1.97 bits per heavy atom. The minimum absolute atomic E-state index is 0.319. The Morgan fingerprint density at radius 1 is 1.09 bits per heavy atom. The third kappa shape index (κ3) is 3.21. The average Bonchev–Trinajstić information content (AvgIpc) is 3.54. The lowest BCUT2D eigenvalue weighted by molar-refractivity contribution is 0.628. The van der Waals surface area contributed by atoms with E-state index in [1.807, 2.05) is 19.2 Å². The Balaban J connectivity index is 1.46. The molecule has 5 aromatic rings. The summed E-state index contributed by atoms with van der Waals surface area (Å²) >= 11 is 6.20. The maximum atomic E-state index is 14.6. The number of fused-ring (bicyclic) bond motifs is 3. The molecule has 32 heavy (non-hydrogen) atoms. The highest BCUT2D eigenvalue weighted by Crippen LogP contribution is 2.39. The second-order valence-corrected chi connectivity index (χ2v) is 8.28. The molecule has 0 unspecified atom stereocenters. The van der Waals surface area contributed by atoms with Crippen molar-refractivity contribution >= 4 is 39.8 Å². The van der Waals surface area contributed by atoms with E-state index in [4.69, 9.17) is 11.6 Å². The largest absolute Gasteiger partial charge is 0.329 e. The SMILES string of the molecule is CN(c1cc(F)cc(-c2cnc(C3CC3)cn2)c1)c1nc2nnnn2c2cc(Cl)ccc12. The van der Waals surface area contributed by atoms with Gasteiger partial charge in [0.2, 0.25) is 0 Å². The van der Waals surface area contributed by atoms with Crippen molar-refractivity contribution < 1.29 is 4.39 Å². The average molecular weight is 447 g/mol. The number of anilines is 2. The van der Waals surface area contributed by atoms with E-state index in [-0.39, 0.29) is 5.82 Å². The molecule has 6 rings (SSSR count). The molecule has 0 aliphatic heterocycles. The van der Waals surface area contributed by atoms with Crippen LogP contribution in [0.2, 0.25) is 5.02 Å². The fourth-order valence-electron chi connectivity index (χ4n) is 3.80. The van der Waals surface area contributed by atoms with Crippen molar-refractivity contribution in [2.45, 2.75) is 18.8 Å². The Bertz CT molecular complexity index is 1480. The summed E-state index contributed by atoms with van der Waals surface area (Å²) in [6.07, 6.45) is 5.80. The Labute approximate surface area is 186 Å². The first-order valence-electron chi connectivity index (χ1n) is 10.1. The van der Waals surface area contributed by atoms with Crippen molar-refractivity contribution in [3.63, 3.8) is 0 Å². The van der Waals surface area contributed by atoms with Gasteiger partial charge < -0.3 is 4.90 Å². The number of halogens is 2. The molecule has 3 aromatic heterocycles. The zero-order chi connectivity index (χ0) is 21.8. The van der Waals surface area contributed by atoms with Gasteiger partial charge in [0.1, 0.15) is 11.6 Å². The molecule has 1 aliphatic rings. The molecule has 0 radical (unpaired) electrons. The molecule has 3 heterocycles. The number of rotatable bonds is 4. The smallest absolute Gasteiger partial charge is 0.275 e. The highest BCUT2D eigenvalue weighted by molar-refractivity contribution is 6.31. The second kappa shape index (κ2) is 7.16. The monoisotopic (exact) mass is 446 g/mol. The van der Waals surface area contributed by atoms with Gasteiger partial charge in [0.15, 0.2) is 0 Å². The first-order valence-corrected chi connectivity index (χ1v) is 10.5. The van der Waals surface area contributed by atoms with Gasteiger partial charge in [-0.3, -0.25) is 9.97 Å². The van der Waals surface area contributed by atoms with Crippen molar-refractivity contribution in [1.82, 2.24) is 35.0 Å². The molecular formula is C22H16ClFN8. The maximum Gasteiger partial charge on any atom is 0.275 e. The van der Waals surface area contributed by atoms with E-state index < -0.39 is 0 Å². The molecule has 1 saturated carbocycles. The van der Waals surface area contributed by atoms with Gasteiger partial charge in [-0.1, -0.05) is 16.7 Å². The minimum atomic E-state index is -0.380. The van der Waals surface area contributed by atoms with E-state index in [1.54, 1.807) is 29.4 Å². The Kier molecular flexibility index (Phi) is 4.25. The molecule has 10 heteroatoms. The molecule has 2 aromatic carbocycles. The van der Waals surface area contributed by atoms with Gasteiger partial charge in [-0.05, 0) is 59.7 Å². The quantitative estimate of drug-likeness (QED) is 0.399. The third-order valence-electron chi connectivity index (χ3n) is 5.64. The molecule has 1 fully saturated rings. The van der Waals surface area contributed by atoms with E-state index >= 15 is 0 Å². The van der Waals surface area contributed by atoms with E-state index in [0.29, 0.717) is 45.0 Å². The van der Waals surface area contributed by atoms with Crippen LogP contribution in [-0.4, -0.2) is 42.0 Å². The van der Waals surface area contributed by atoms with Crippen molar-refractivity contribution in [1.29, 1.82) is 0 Å². The summed E-state index contributed by atoms with van der Waals surface area (Å²) in [6.45, 7) is 0. The number of aromatic nitrogens is 7. The van der Waals surface area contributed by atoms with E-state index in [0.717, 1.165) is 23.9 Å². The number of benzene rings is 2. The fraction of sp³-hybridized carbons (Fsp3) is 0.182. The summed E-state index contributed by atoms with van der Waals surface area (Å²) in [5.41, 5.74) is 3.55. The van der Waals surface area contributed by atoms with Crippen LogP contribution >= 0.6 is 11.6 Å². The van der Waals surface area contributed by atoms with Crippen molar-refractivity contribution in [2.75, 3.05) is 11.9 Å². The second-order valence-electron chi connectivity index (χ2n) is 7.85. The number of nitrogens with zero attached hydrogens (tertiary/aromatic N) is 8. The normalized spacial score (nSPS) is 13.7. The number of tetrazole rings is 1. The van der Waals surface area contributed by atoms with Crippen LogP contribution in [-0.2, 0) is 0 Å². The van der Waals surface area contributed by atoms with E-state index in [9.17, 15) is 4.39 Å². The highest BCUT2D eigenvalue weighted by Gasteiger charge is 2.25. The fourth-order valence-corrected chi connectivity index (χ4v) is 3.97. The molecule has 0 spiro atoms. The van der Waals surface area contributed by atoms with Crippen molar-refractivity contribution in [2.24, 2.45) is 0 Å². The lowest BCUT2D eigenvalue weighted by atomic mass is 10.1. The van der Waals surface area contributed by atoms with Crippen LogP contribution in [0.4, 0.5) is 15.9 Å². The summed E-state index contributed by atoms with van der Waals surface area (Å²) in [5, 5.41) is 13.0. The minimum Gasteiger partial charge on any atom is -0.329 e. The van der Waals surface area contributed by atoms with Crippen LogP contribution in [0, 0.1) is 5.82 Å². The molecule has 1 aliphatic carbocycles. The Morgan fingerprint density at radius 3 is 2.75 bits per heavy atom. The number of hydrogen-bond acceptors (Lipinski definition) is 7. The van der Waals surface area contributed by atoms with Crippen molar-refractivity contribution in [3.8, 4) is 11.3 Å². The van der Waals surface area contributed by atoms with Crippen LogP contribution in [0.25, 0.3) is 27.9 Å². The lowest BCUT2D eigenvalue weighted by Gasteiger charge is -2.21. The molecule has 0 N–H and O–H groups in total. The van der Waals surface area contributed by atoms with Crippen molar-refractivity contribution in [3.05, 3.63) is 65.3 Å². The molecule has 0 atom stereocenters. The van der Waals surface area contributed by atoms with E-state index in [2.05, 4.69) is 30.5 Å². The van der Waals surface area contributed by atoms with Crippen LogP contribution in [0.1, 0.15) is 24.5 Å². The summed E-state index contributed by atoms with van der Waals surface area (Å²) in [5.74, 6) is 1.03. The first-order chi connectivity index (χ1) is 15.6. The van der Waals surface area contributed by atoms with Gasteiger partial charge in [-0.2, -0.15) is 9.50 Å². The summed E-state index contributed by atoms with van der Waals surface area (Å²) < 4.78 is 16.1. The first kappa shape index (κ1) is 19.0. The molecule has 0 amide bonds. The molecular weight excluding hydrogens is 431 g/mol. The standard InChI is InChI=1S/C22H16ClFN8/c1-31(21-17-5-4-14(23)8-20(17)32-22(27-21)28-29-30-32)16-7-13(6-15(24)9-16)19-11-25-18(10-26-19)12-2-3-12/h4-12H,2-3H2,1H3. The van der Waals surface area contributed by atoms with Gasteiger partial charge in [0, 0.05) is 40.8 Å². The predicted octanol–water partition coefficient (Wildman–Crippen LogP) is 4.57. The van der Waals surface area contributed by atoms with Crippen LogP contribution in [0.5, 0.6) is 0 Å². The van der Waals surface area contributed by atoms with Gasteiger partial charge >= 0.3 is 0 Å². The Hall–Kier alpha value is -3.72. The van der Waals surface area contributed by atoms with Gasteiger partial charge in [0.05, 0.1) is 23.1 Å². The molecule has 158 valence electrons. The van der Waals surface area contributed by atoms with Crippen LogP contribution in [0.15, 0.2) is 48.8 Å². The van der Waals surface area contributed by atoms with Crippen LogP contribution in [0.3, 0.4) is 0 Å². The third-order valence-corrected chi connectivity index (χ3v) is 5.87.